The summed E-state index contributed by atoms with van der Waals surface area (Å²) in [4.78, 5) is 16.4. The summed E-state index contributed by atoms with van der Waals surface area (Å²) in [6.07, 6.45) is 1.50. The van der Waals surface area contributed by atoms with E-state index in [-0.39, 0.29) is 17.7 Å². The van der Waals surface area contributed by atoms with Gasteiger partial charge in [-0.1, -0.05) is 12.1 Å². The van der Waals surface area contributed by atoms with Crippen LogP contribution in [0.2, 0.25) is 0 Å². The Bertz CT molecular complexity index is 1070. The molecule has 0 saturated carbocycles. The van der Waals surface area contributed by atoms with E-state index in [9.17, 15) is 4.79 Å². The maximum atomic E-state index is 12.8. The molecule has 1 fully saturated rings. The normalized spacial score (nSPS) is 15.4. The lowest BCUT2D eigenvalue weighted by molar-refractivity contribution is 0.0235. The number of thiophene rings is 1. The molecule has 170 valence electrons. The van der Waals surface area contributed by atoms with E-state index >= 15 is 0 Å². The van der Waals surface area contributed by atoms with Gasteiger partial charge >= 0.3 is 0 Å². The van der Waals surface area contributed by atoms with Gasteiger partial charge in [-0.25, -0.2) is 0 Å². The minimum absolute atomic E-state index is 0.138. The molecule has 1 aromatic carbocycles. The number of amides is 1. The van der Waals surface area contributed by atoms with Gasteiger partial charge in [-0.3, -0.25) is 9.69 Å². The van der Waals surface area contributed by atoms with Crippen LogP contribution in [0, 0.1) is 13.8 Å². The molecule has 1 saturated heterocycles. The number of hydrogen-bond donors (Lipinski definition) is 1. The van der Waals surface area contributed by atoms with E-state index in [1.807, 2.05) is 12.1 Å². The molecule has 3 heterocycles. The van der Waals surface area contributed by atoms with Crippen molar-refractivity contribution in [3.63, 3.8) is 0 Å². The molecule has 1 atom stereocenters. The number of nitrogens with one attached hydrogen (secondary N) is 1. The Morgan fingerprint density at radius 2 is 1.91 bits per heavy atom. The molecule has 0 radical (unpaired) electrons. The number of anilines is 1. The van der Waals surface area contributed by atoms with Gasteiger partial charge in [0.25, 0.3) is 5.91 Å². The molecular weight excluding hydrogens is 428 g/mol. The van der Waals surface area contributed by atoms with Crippen molar-refractivity contribution in [2.24, 2.45) is 0 Å². The topological polar surface area (TPSA) is 73.2 Å². The van der Waals surface area contributed by atoms with Gasteiger partial charge < -0.3 is 23.9 Å². The third-order valence-corrected chi connectivity index (χ3v) is 6.95. The van der Waals surface area contributed by atoms with Crippen LogP contribution in [0.3, 0.4) is 0 Å². The summed E-state index contributed by atoms with van der Waals surface area (Å²) in [6, 6.07) is 9.15. The fourth-order valence-corrected chi connectivity index (χ4v) is 5.22. The highest BCUT2D eigenvalue weighted by Gasteiger charge is 2.33. The van der Waals surface area contributed by atoms with Crippen molar-refractivity contribution in [2.45, 2.75) is 19.9 Å². The van der Waals surface area contributed by atoms with Crippen LogP contribution < -0.4 is 14.8 Å². The molecule has 1 amide bonds. The summed E-state index contributed by atoms with van der Waals surface area (Å²) >= 11 is 1.57. The summed E-state index contributed by atoms with van der Waals surface area (Å²) in [5.74, 6) is 1.38. The summed E-state index contributed by atoms with van der Waals surface area (Å²) in [5, 5.41) is 3.89. The SMILES string of the molecule is COc1cccc(C(c2c(NC(=O)c3ccco3)sc(C)c2C)N2CCOCC2)c1OC. The summed E-state index contributed by atoms with van der Waals surface area (Å²) < 4.78 is 22.3. The highest BCUT2D eigenvalue weighted by atomic mass is 32.1. The molecule has 7 nitrogen and oxygen atoms in total. The molecule has 4 rings (SSSR count). The number of carbonyl (C=O) groups excluding carboxylic acids is 1. The van der Waals surface area contributed by atoms with E-state index in [0.29, 0.717) is 24.7 Å². The summed E-state index contributed by atoms with van der Waals surface area (Å²) in [5.41, 5.74) is 3.19. The average molecular weight is 457 g/mol. The summed E-state index contributed by atoms with van der Waals surface area (Å²) in [7, 11) is 3.30. The van der Waals surface area contributed by atoms with E-state index < -0.39 is 0 Å². The molecule has 1 aliphatic heterocycles. The van der Waals surface area contributed by atoms with Crippen LogP contribution in [0.25, 0.3) is 0 Å². The molecule has 1 unspecified atom stereocenters. The number of carbonyl (C=O) groups is 1. The molecule has 0 bridgehead atoms. The number of nitrogens with zero attached hydrogens (tertiary/aromatic N) is 1. The fourth-order valence-electron chi connectivity index (χ4n) is 4.14. The van der Waals surface area contributed by atoms with Crippen LogP contribution in [0.4, 0.5) is 5.00 Å². The van der Waals surface area contributed by atoms with Gasteiger partial charge in [0.2, 0.25) is 0 Å². The lowest BCUT2D eigenvalue weighted by Gasteiger charge is -2.36. The zero-order valence-corrected chi connectivity index (χ0v) is 19.6. The van der Waals surface area contributed by atoms with Gasteiger partial charge in [0.15, 0.2) is 17.3 Å². The maximum absolute atomic E-state index is 12.8. The monoisotopic (exact) mass is 456 g/mol. The standard InChI is InChI=1S/C24H28N2O5S/c1-15-16(2)32-24(25-23(27)19-9-6-12-31-19)20(15)21(26-10-13-30-14-11-26)17-7-5-8-18(28-3)22(17)29-4/h5-9,12,21H,10-11,13-14H2,1-4H3,(H,25,27). The minimum Gasteiger partial charge on any atom is -0.493 e. The molecular formula is C24H28N2O5S. The zero-order valence-electron chi connectivity index (χ0n) is 18.8. The molecule has 0 aliphatic carbocycles. The zero-order chi connectivity index (χ0) is 22.7. The average Bonchev–Trinajstić information content (AvgIpc) is 3.45. The molecule has 1 N–H and O–H groups in total. The molecule has 3 aromatic rings. The van der Waals surface area contributed by atoms with Gasteiger partial charge in [0.1, 0.15) is 5.00 Å². The molecule has 32 heavy (non-hydrogen) atoms. The Morgan fingerprint density at radius 1 is 1.12 bits per heavy atom. The number of rotatable bonds is 7. The quantitative estimate of drug-likeness (QED) is 0.558. The highest BCUT2D eigenvalue weighted by Crippen LogP contribution is 2.46. The van der Waals surface area contributed by atoms with E-state index in [0.717, 1.165) is 39.7 Å². The number of ether oxygens (including phenoxy) is 3. The second-order valence-corrected chi connectivity index (χ2v) is 8.82. The third kappa shape index (κ3) is 4.26. The number of furan rings is 1. The van der Waals surface area contributed by atoms with Crippen LogP contribution in [-0.2, 0) is 4.74 Å². The number of hydrogen-bond acceptors (Lipinski definition) is 7. The fraction of sp³-hybridized carbons (Fsp3) is 0.375. The largest absolute Gasteiger partial charge is 0.493 e. The van der Waals surface area contributed by atoms with E-state index in [4.69, 9.17) is 18.6 Å². The van der Waals surface area contributed by atoms with Crippen molar-refractivity contribution in [2.75, 3.05) is 45.8 Å². The predicted molar refractivity (Wildman–Crippen MR) is 124 cm³/mol. The predicted octanol–water partition coefficient (Wildman–Crippen LogP) is 4.65. The van der Waals surface area contributed by atoms with Crippen LogP contribution >= 0.6 is 11.3 Å². The second-order valence-electron chi connectivity index (χ2n) is 7.59. The first-order valence-electron chi connectivity index (χ1n) is 10.5. The van der Waals surface area contributed by atoms with Gasteiger partial charge in [0.05, 0.1) is 39.7 Å². The second kappa shape index (κ2) is 9.77. The Hall–Kier alpha value is -2.81. The maximum Gasteiger partial charge on any atom is 0.291 e. The third-order valence-electron chi connectivity index (χ3n) is 5.82. The molecule has 2 aromatic heterocycles. The van der Waals surface area contributed by atoms with Gasteiger partial charge in [-0.2, -0.15) is 0 Å². The van der Waals surface area contributed by atoms with Crippen LogP contribution in [-0.4, -0.2) is 51.3 Å². The van der Waals surface area contributed by atoms with Crippen molar-refractivity contribution in [3.05, 3.63) is 63.9 Å². The first kappa shape index (κ1) is 22.4. The van der Waals surface area contributed by atoms with Gasteiger partial charge in [-0.05, 0) is 37.6 Å². The lowest BCUT2D eigenvalue weighted by Crippen LogP contribution is -2.40. The Balaban J connectivity index is 1.85. The van der Waals surface area contributed by atoms with Crippen LogP contribution in [0.5, 0.6) is 11.5 Å². The molecule has 1 aliphatic rings. The highest BCUT2D eigenvalue weighted by molar-refractivity contribution is 7.16. The van der Waals surface area contributed by atoms with E-state index in [1.54, 1.807) is 37.7 Å². The number of morpholine rings is 1. The van der Waals surface area contributed by atoms with Crippen LogP contribution in [0.15, 0.2) is 41.0 Å². The number of para-hydroxylation sites is 1. The van der Waals surface area contributed by atoms with Crippen LogP contribution in [0.1, 0.15) is 38.2 Å². The first-order chi connectivity index (χ1) is 15.5. The van der Waals surface area contributed by atoms with E-state index in [2.05, 4.69) is 30.1 Å². The minimum atomic E-state index is -0.268. The van der Waals surface area contributed by atoms with E-state index in [1.165, 1.54) is 6.26 Å². The molecule has 0 spiro atoms. The first-order valence-corrected chi connectivity index (χ1v) is 11.3. The van der Waals surface area contributed by atoms with Gasteiger partial charge in [-0.15, -0.1) is 11.3 Å². The summed E-state index contributed by atoms with van der Waals surface area (Å²) in [6.45, 7) is 7.02. The number of benzene rings is 1. The Kier molecular flexibility index (Phi) is 6.83. The van der Waals surface area contributed by atoms with Crippen molar-refractivity contribution in [1.82, 2.24) is 4.90 Å². The molecule has 8 heteroatoms. The van der Waals surface area contributed by atoms with Crippen molar-refractivity contribution >= 4 is 22.2 Å². The number of methoxy groups -OCH3 is 2. The van der Waals surface area contributed by atoms with Crippen molar-refractivity contribution < 1.29 is 23.4 Å². The Morgan fingerprint density at radius 3 is 2.56 bits per heavy atom. The lowest BCUT2D eigenvalue weighted by atomic mass is 9.93. The smallest absolute Gasteiger partial charge is 0.291 e. The Labute approximate surface area is 191 Å². The van der Waals surface area contributed by atoms with Crippen molar-refractivity contribution in [1.29, 1.82) is 0 Å². The number of aryl methyl sites for hydroxylation is 1. The van der Waals surface area contributed by atoms with Gasteiger partial charge in [0, 0.05) is 29.1 Å². The van der Waals surface area contributed by atoms with Crippen molar-refractivity contribution in [3.8, 4) is 11.5 Å².